The van der Waals surface area contributed by atoms with E-state index in [9.17, 15) is 9.18 Å². The maximum Gasteiger partial charge on any atom is 0.213 e. The average Bonchev–Trinajstić information content (AvgIpc) is 3.11. The van der Waals surface area contributed by atoms with E-state index in [0.717, 1.165) is 36.9 Å². The molecule has 2 aromatic rings. The molecule has 1 atom stereocenters. The number of Topliss-reactive ketones (excluding diaryl/α,β-unsaturated/α-hetero) is 1. The summed E-state index contributed by atoms with van der Waals surface area (Å²) in [6.07, 6.45) is 9.35. The van der Waals surface area contributed by atoms with Crippen LogP contribution in [0.1, 0.15) is 50.3 Å². The molecule has 4 nitrogen and oxygen atoms in total. The van der Waals surface area contributed by atoms with E-state index in [2.05, 4.69) is 9.97 Å². The molecule has 0 N–H and O–H groups in total. The Morgan fingerprint density at radius 1 is 1.27 bits per heavy atom. The Kier molecular flexibility index (Phi) is 3.28. The molecule has 2 aliphatic rings. The van der Waals surface area contributed by atoms with Crippen molar-refractivity contribution in [2.75, 3.05) is 0 Å². The van der Waals surface area contributed by atoms with Crippen LogP contribution in [-0.4, -0.2) is 20.3 Å². The Morgan fingerprint density at radius 2 is 2.09 bits per heavy atom. The van der Waals surface area contributed by atoms with Crippen LogP contribution in [0.5, 0.6) is 0 Å². The Morgan fingerprint density at radius 3 is 2.91 bits per heavy atom. The van der Waals surface area contributed by atoms with E-state index < -0.39 is 5.95 Å². The van der Waals surface area contributed by atoms with Crippen LogP contribution in [-0.2, 0) is 4.79 Å². The highest BCUT2D eigenvalue weighted by molar-refractivity contribution is 5.83. The van der Waals surface area contributed by atoms with Crippen molar-refractivity contribution in [3.05, 3.63) is 36.3 Å². The molecule has 22 heavy (non-hydrogen) atoms. The third-order valence-electron chi connectivity index (χ3n) is 4.94. The van der Waals surface area contributed by atoms with Crippen molar-refractivity contribution in [1.82, 2.24) is 14.5 Å². The topological polar surface area (TPSA) is 47.8 Å². The molecule has 3 heterocycles. The van der Waals surface area contributed by atoms with Crippen molar-refractivity contribution in [3.8, 4) is 11.3 Å². The van der Waals surface area contributed by atoms with Crippen LogP contribution in [0.4, 0.5) is 4.39 Å². The molecule has 1 saturated carbocycles. The van der Waals surface area contributed by atoms with Crippen LogP contribution in [0.25, 0.3) is 11.3 Å². The molecule has 1 unspecified atom stereocenters. The fourth-order valence-corrected chi connectivity index (χ4v) is 3.79. The summed E-state index contributed by atoms with van der Waals surface area (Å²) >= 11 is 0. The first-order chi connectivity index (χ1) is 10.7. The molecule has 0 aromatic carbocycles. The predicted molar refractivity (Wildman–Crippen MR) is 79.8 cm³/mol. The molecule has 0 amide bonds. The summed E-state index contributed by atoms with van der Waals surface area (Å²) in [5.74, 6) is -0.0471. The summed E-state index contributed by atoms with van der Waals surface area (Å²) in [6, 6.07) is 2.88. The number of pyridine rings is 1. The predicted octanol–water partition coefficient (Wildman–Crippen LogP) is 3.53. The Hall–Kier alpha value is -2.04. The molecule has 4 rings (SSSR count). The van der Waals surface area contributed by atoms with E-state index >= 15 is 0 Å². The highest BCUT2D eigenvalue weighted by Crippen LogP contribution is 2.40. The molecule has 0 bridgehead atoms. The van der Waals surface area contributed by atoms with Crippen molar-refractivity contribution in [2.45, 2.75) is 44.6 Å². The lowest BCUT2D eigenvalue weighted by Crippen LogP contribution is -2.21. The first-order valence-corrected chi connectivity index (χ1v) is 7.95. The molecule has 2 aromatic heterocycles. The molecule has 0 spiro atoms. The van der Waals surface area contributed by atoms with Crippen LogP contribution in [0.15, 0.2) is 24.7 Å². The van der Waals surface area contributed by atoms with Gasteiger partial charge in [-0.2, -0.15) is 4.39 Å². The Balaban J connectivity index is 1.64. The zero-order valence-corrected chi connectivity index (χ0v) is 12.3. The minimum Gasteiger partial charge on any atom is -0.321 e. The maximum atomic E-state index is 13.5. The molecule has 1 aliphatic carbocycles. The molecule has 1 fully saturated rings. The quantitative estimate of drug-likeness (QED) is 0.815. The lowest BCUT2D eigenvalue weighted by atomic mass is 9.84. The number of ketones is 1. The summed E-state index contributed by atoms with van der Waals surface area (Å²) in [5.41, 5.74) is 2.48. The summed E-state index contributed by atoms with van der Waals surface area (Å²) in [4.78, 5) is 20.8. The van der Waals surface area contributed by atoms with Crippen molar-refractivity contribution < 1.29 is 9.18 Å². The van der Waals surface area contributed by atoms with E-state index in [0.29, 0.717) is 12.1 Å². The van der Waals surface area contributed by atoms with Crippen LogP contribution >= 0.6 is 0 Å². The minimum atomic E-state index is -0.493. The normalized spacial score (nSPS) is 20.7. The number of carbonyl (C=O) groups excluding carboxylic acids is 1. The van der Waals surface area contributed by atoms with E-state index in [1.54, 1.807) is 18.6 Å². The summed E-state index contributed by atoms with van der Waals surface area (Å²) in [6.45, 7) is 0. The van der Waals surface area contributed by atoms with Crippen molar-refractivity contribution >= 4 is 5.78 Å². The van der Waals surface area contributed by atoms with Gasteiger partial charge in [0.1, 0.15) is 5.78 Å². The second kappa shape index (κ2) is 5.30. The van der Waals surface area contributed by atoms with Crippen molar-refractivity contribution in [1.29, 1.82) is 0 Å². The van der Waals surface area contributed by atoms with Gasteiger partial charge in [0.05, 0.1) is 30.0 Å². The number of rotatable bonds is 3. The number of fused-ring (bicyclic) bond motifs is 3. The Bertz CT molecular complexity index is 718. The number of aromatic nitrogens is 3. The summed E-state index contributed by atoms with van der Waals surface area (Å²) in [7, 11) is 0. The molecule has 5 heteroatoms. The first-order valence-electron chi connectivity index (χ1n) is 7.95. The molecule has 0 radical (unpaired) electrons. The molecular weight excluding hydrogens is 281 g/mol. The standard InChI is InChI=1S/C17H18FN3O/c18-16-7-6-12-14-9-19-10-21(14)13(17(12)20-16)8-15(22)11-4-2-1-3-5-11/h6-7,9-11,13H,1-5,8H2. The second-order valence-corrected chi connectivity index (χ2v) is 6.27. The number of hydrogen-bond donors (Lipinski definition) is 0. The number of nitrogens with zero attached hydrogens (tertiary/aromatic N) is 3. The molecule has 1 aliphatic heterocycles. The van der Waals surface area contributed by atoms with Crippen molar-refractivity contribution in [3.63, 3.8) is 0 Å². The summed E-state index contributed by atoms with van der Waals surface area (Å²) < 4.78 is 15.5. The van der Waals surface area contributed by atoms with Gasteiger partial charge in [0.2, 0.25) is 5.95 Å². The van der Waals surface area contributed by atoms with Crippen LogP contribution < -0.4 is 0 Å². The zero-order chi connectivity index (χ0) is 15.1. The Labute approximate surface area is 128 Å². The molecule has 114 valence electrons. The van der Waals surface area contributed by atoms with Gasteiger partial charge in [-0.25, -0.2) is 9.97 Å². The highest BCUT2D eigenvalue weighted by atomic mass is 19.1. The largest absolute Gasteiger partial charge is 0.321 e. The number of imidazole rings is 1. The van der Waals surface area contributed by atoms with E-state index in [-0.39, 0.29) is 17.7 Å². The SMILES string of the molecule is O=C(CC1c2nc(F)ccc2-c2cncn21)C1CCCCC1. The van der Waals surface area contributed by atoms with Gasteiger partial charge in [-0.15, -0.1) is 0 Å². The van der Waals surface area contributed by atoms with Gasteiger partial charge >= 0.3 is 0 Å². The van der Waals surface area contributed by atoms with Gasteiger partial charge in [-0.05, 0) is 25.0 Å². The van der Waals surface area contributed by atoms with Gasteiger partial charge in [0, 0.05) is 17.9 Å². The lowest BCUT2D eigenvalue weighted by molar-refractivity contribution is -0.124. The van der Waals surface area contributed by atoms with Crippen LogP contribution in [0.3, 0.4) is 0 Å². The third-order valence-corrected chi connectivity index (χ3v) is 4.94. The lowest BCUT2D eigenvalue weighted by Gasteiger charge is -2.22. The fourth-order valence-electron chi connectivity index (χ4n) is 3.79. The second-order valence-electron chi connectivity index (χ2n) is 6.27. The third kappa shape index (κ3) is 2.16. The van der Waals surface area contributed by atoms with E-state index in [1.165, 1.54) is 12.5 Å². The molecular formula is C17H18FN3O. The maximum absolute atomic E-state index is 13.5. The summed E-state index contributed by atoms with van der Waals surface area (Å²) in [5, 5.41) is 0. The zero-order valence-electron chi connectivity index (χ0n) is 12.3. The number of hydrogen-bond acceptors (Lipinski definition) is 3. The molecule has 0 saturated heterocycles. The van der Waals surface area contributed by atoms with Crippen LogP contribution in [0.2, 0.25) is 0 Å². The fraction of sp³-hybridized carbons (Fsp3) is 0.471. The number of halogens is 1. The van der Waals surface area contributed by atoms with Gasteiger partial charge in [0.15, 0.2) is 0 Å². The smallest absolute Gasteiger partial charge is 0.213 e. The van der Waals surface area contributed by atoms with Gasteiger partial charge < -0.3 is 4.57 Å². The highest BCUT2D eigenvalue weighted by Gasteiger charge is 2.33. The number of carbonyl (C=O) groups is 1. The van der Waals surface area contributed by atoms with E-state index in [4.69, 9.17) is 0 Å². The minimum absolute atomic E-state index is 0.165. The average molecular weight is 299 g/mol. The first kappa shape index (κ1) is 13.6. The monoisotopic (exact) mass is 299 g/mol. The van der Waals surface area contributed by atoms with Gasteiger partial charge in [-0.3, -0.25) is 4.79 Å². The van der Waals surface area contributed by atoms with E-state index in [1.807, 2.05) is 4.57 Å². The van der Waals surface area contributed by atoms with Crippen LogP contribution in [0, 0.1) is 11.9 Å². The van der Waals surface area contributed by atoms with Gasteiger partial charge in [-0.1, -0.05) is 19.3 Å². The van der Waals surface area contributed by atoms with Crippen molar-refractivity contribution in [2.24, 2.45) is 5.92 Å². The van der Waals surface area contributed by atoms with Gasteiger partial charge in [0.25, 0.3) is 0 Å².